The van der Waals surface area contributed by atoms with E-state index in [1.54, 1.807) is 0 Å². The van der Waals surface area contributed by atoms with Crippen molar-refractivity contribution in [2.75, 3.05) is 13.1 Å². The van der Waals surface area contributed by atoms with Crippen molar-refractivity contribution in [1.82, 2.24) is 10.2 Å². The van der Waals surface area contributed by atoms with E-state index in [4.69, 9.17) is 0 Å². The Labute approximate surface area is 133 Å². The zero-order chi connectivity index (χ0) is 14.8. The van der Waals surface area contributed by atoms with E-state index in [-0.39, 0.29) is 0 Å². The quantitative estimate of drug-likeness (QED) is 0.904. The number of hydrogen-bond acceptors (Lipinski definition) is 2. The van der Waals surface area contributed by atoms with Crippen LogP contribution < -0.4 is 5.32 Å². The van der Waals surface area contributed by atoms with Gasteiger partial charge in [0.25, 0.3) is 0 Å². The van der Waals surface area contributed by atoms with E-state index in [0.29, 0.717) is 6.04 Å². The maximum Gasteiger partial charge on any atom is 0.0210 e. The molecule has 22 heavy (non-hydrogen) atoms. The highest BCUT2D eigenvalue weighted by Crippen LogP contribution is 2.29. The van der Waals surface area contributed by atoms with E-state index in [9.17, 15) is 0 Å². The highest BCUT2D eigenvalue weighted by atomic mass is 15.2. The number of hydrogen-bond donors (Lipinski definition) is 1. The number of nitrogens with one attached hydrogen (secondary N) is 1. The van der Waals surface area contributed by atoms with Gasteiger partial charge in [-0.25, -0.2) is 0 Å². The van der Waals surface area contributed by atoms with Crippen LogP contribution in [0, 0.1) is 0 Å². The zero-order valence-corrected chi connectivity index (χ0v) is 13.0. The summed E-state index contributed by atoms with van der Waals surface area (Å²) in [6.07, 6.45) is 4.15. The summed E-state index contributed by atoms with van der Waals surface area (Å²) in [7, 11) is 0. The molecular weight excluding hydrogens is 268 g/mol. The van der Waals surface area contributed by atoms with E-state index >= 15 is 0 Å². The Morgan fingerprint density at radius 1 is 0.864 bits per heavy atom. The van der Waals surface area contributed by atoms with Gasteiger partial charge in [-0.15, -0.1) is 0 Å². The molecule has 0 radical (unpaired) electrons. The molecule has 0 bridgehead atoms. The molecular formula is C20H24N2. The van der Waals surface area contributed by atoms with Crippen molar-refractivity contribution >= 4 is 0 Å². The lowest BCUT2D eigenvalue weighted by Crippen LogP contribution is -2.32. The second-order valence-corrected chi connectivity index (χ2v) is 6.66. The SMILES string of the molecule is c1ccc(-c2ccc(CN[C@@H]3CCN(C4CC4)C3)cc2)cc1. The molecule has 2 aliphatic rings. The molecule has 0 amide bonds. The summed E-state index contributed by atoms with van der Waals surface area (Å²) in [6.45, 7) is 3.51. The summed E-state index contributed by atoms with van der Waals surface area (Å²) in [5.74, 6) is 0. The van der Waals surface area contributed by atoms with Gasteiger partial charge in [-0.2, -0.15) is 0 Å². The lowest BCUT2D eigenvalue weighted by Gasteiger charge is -2.16. The Kier molecular flexibility index (Phi) is 3.96. The van der Waals surface area contributed by atoms with Crippen molar-refractivity contribution in [2.24, 2.45) is 0 Å². The fraction of sp³-hybridized carbons (Fsp3) is 0.400. The van der Waals surface area contributed by atoms with Gasteiger partial charge in [-0.05, 0) is 36.0 Å². The summed E-state index contributed by atoms with van der Waals surface area (Å²) in [4.78, 5) is 2.66. The topological polar surface area (TPSA) is 15.3 Å². The van der Waals surface area contributed by atoms with Gasteiger partial charge in [-0.3, -0.25) is 4.90 Å². The van der Waals surface area contributed by atoms with Crippen LogP contribution in [0.2, 0.25) is 0 Å². The first-order chi connectivity index (χ1) is 10.9. The number of likely N-dealkylation sites (tertiary alicyclic amines) is 1. The molecule has 114 valence electrons. The van der Waals surface area contributed by atoms with Crippen molar-refractivity contribution in [2.45, 2.75) is 37.9 Å². The standard InChI is InChI=1S/C20H24N2/c1-2-4-17(5-3-1)18-8-6-16(7-9-18)14-21-19-12-13-22(15-19)20-10-11-20/h1-9,19-21H,10-15H2/t19-/m1/s1. The van der Waals surface area contributed by atoms with E-state index in [1.165, 1.54) is 49.0 Å². The Balaban J connectivity index is 1.32. The average molecular weight is 292 g/mol. The first-order valence-electron chi connectivity index (χ1n) is 8.50. The number of nitrogens with zero attached hydrogens (tertiary/aromatic N) is 1. The van der Waals surface area contributed by atoms with Gasteiger partial charge in [0.05, 0.1) is 0 Å². The van der Waals surface area contributed by atoms with Crippen LogP contribution >= 0.6 is 0 Å². The van der Waals surface area contributed by atoms with Crippen LogP contribution in [-0.2, 0) is 6.54 Å². The van der Waals surface area contributed by atoms with E-state index in [1.807, 2.05) is 0 Å². The lowest BCUT2D eigenvalue weighted by atomic mass is 10.0. The Morgan fingerprint density at radius 3 is 2.32 bits per heavy atom. The van der Waals surface area contributed by atoms with Crippen LogP contribution in [-0.4, -0.2) is 30.1 Å². The van der Waals surface area contributed by atoms with Gasteiger partial charge in [-0.1, -0.05) is 54.6 Å². The molecule has 0 unspecified atom stereocenters. The fourth-order valence-corrected chi connectivity index (χ4v) is 3.43. The second-order valence-electron chi connectivity index (χ2n) is 6.66. The third kappa shape index (κ3) is 3.23. The van der Waals surface area contributed by atoms with Gasteiger partial charge >= 0.3 is 0 Å². The molecule has 2 nitrogen and oxygen atoms in total. The average Bonchev–Trinajstić information content (AvgIpc) is 3.33. The van der Waals surface area contributed by atoms with Crippen LogP contribution in [0.15, 0.2) is 54.6 Å². The summed E-state index contributed by atoms with van der Waals surface area (Å²) >= 11 is 0. The van der Waals surface area contributed by atoms with Crippen LogP contribution in [0.4, 0.5) is 0 Å². The van der Waals surface area contributed by atoms with Crippen LogP contribution in [0.25, 0.3) is 11.1 Å². The molecule has 1 saturated heterocycles. The van der Waals surface area contributed by atoms with E-state index < -0.39 is 0 Å². The molecule has 2 aromatic carbocycles. The maximum atomic E-state index is 3.73. The molecule has 2 heteroatoms. The van der Waals surface area contributed by atoms with Gasteiger partial charge in [0.15, 0.2) is 0 Å². The molecule has 1 N–H and O–H groups in total. The minimum absolute atomic E-state index is 0.675. The summed E-state index contributed by atoms with van der Waals surface area (Å²) in [5, 5.41) is 3.73. The molecule has 1 saturated carbocycles. The normalized spacial score (nSPS) is 22.1. The fourth-order valence-electron chi connectivity index (χ4n) is 3.43. The van der Waals surface area contributed by atoms with E-state index in [2.05, 4.69) is 64.8 Å². The maximum absolute atomic E-state index is 3.73. The first-order valence-corrected chi connectivity index (χ1v) is 8.50. The van der Waals surface area contributed by atoms with Crippen molar-refractivity contribution < 1.29 is 0 Å². The number of benzene rings is 2. The molecule has 1 heterocycles. The zero-order valence-electron chi connectivity index (χ0n) is 13.0. The van der Waals surface area contributed by atoms with Crippen molar-refractivity contribution in [3.63, 3.8) is 0 Å². The molecule has 0 spiro atoms. The van der Waals surface area contributed by atoms with Gasteiger partial charge in [0.2, 0.25) is 0 Å². The summed E-state index contributed by atoms with van der Waals surface area (Å²) in [6, 6.07) is 21.1. The first kappa shape index (κ1) is 14.0. The molecule has 0 aromatic heterocycles. The van der Waals surface area contributed by atoms with Crippen LogP contribution in [0.5, 0.6) is 0 Å². The Hall–Kier alpha value is -1.64. The third-order valence-electron chi connectivity index (χ3n) is 4.94. The lowest BCUT2D eigenvalue weighted by molar-refractivity contribution is 0.317. The van der Waals surface area contributed by atoms with E-state index in [0.717, 1.165) is 12.6 Å². The highest BCUT2D eigenvalue weighted by Gasteiger charge is 2.33. The van der Waals surface area contributed by atoms with Crippen LogP contribution in [0.1, 0.15) is 24.8 Å². The van der Waals surface area contributed by atoms with Gasteiger partial charge in [0, 0.05) is 31.7 Å². The molecule has 1 aliphatic heterocycles. The van der Waals surface area contributed by atoms with Crippen molar-refractivity contribution in [1.29, 1.82) is 0 Å². The summed E-state index contributed by atoms with van der Waals surface area (Å²) in [5.41, 5.74) is 3.97. The number of rotatable bonds is 5. The van der Waals surface area contributed by atoms with Crippen molar-refractivity contribution in [3.05, 3.63) is 60.2 Å². The minimum Gasteiger partial charge on any atom is -0.309 e. The second kappa shape index (κ2) is 6.23. The predicted molar refractivity (Wildman–Crippen MR) is 91.7 cm³/mol. The molecule has 2 fully saturated rings. The van der Waals surface area contributed by atoms with Gasteiger partial charge < -0.3 is 5.32 Å². The van der Waals surface area contributed by atoms with Gasteiger partial charge in [0.1, 0.15) is 0 Å². The molecule has 2 aromatic rings. The summed E-state index contributed by atoms with van der Waals surface area (Å²) < 4.78 is 0. The monoisotopic (exact) mass is 292 g/mol. The molecule has 4 rings (SSSR count). The molecule has 1 aliphatic carbocycles. The van der Waals surface area contributed by atoms with Crippen molar-refractivity contribution in [3.8, 4) is 11.1 Å². The third-order valence-corrected chi connectivity index (χ3v) is 4.94. The predicted octanol–water partition coefficient (Wildman–Crippen LogP) is 3.68. The Bertz CT molecular complexity index is 601. The smallest absolute Gasteiger partial charge is 0.0210 e. The minimum atomic E-state index is 0.675. The van der Waals surface area contributed by atoms with Crippen LogP contribution in [0.3, 0.4) is 0 Å². The molecule has 1 atom stereocenters. The highest BCUT2D eigenvalue weighted by molar-refractivity contribution is 5.63. The largest absolute Gasteiger partial charge is 0.309 e. The Morgan fingerprint density at radius 2 is 1.59 bits per heavy atom.